The summed E-state index contributed by atoms with van der Waals surface area (Å²) in [5.41, 5.74) is 3.99. The molecule has 2 bridgehead atoms. The number of aliphatic hydroxyl groups excluding tert-OH is 2. The van der Waals surface area contributed by atoms with Crippen molar-refractivity contribution in [2.75, 3.05) is 6.54 Å². The number of halogens is 3. The number of hydrogen-bond acceptors (Lipinski definition) is 8. The number of nitrogens with zero attached hydrogens (tertiary/aromatic N) is 4. The average molecular weight is 792 g/mol. The second-order valence-electron chi connectivity index (χ2n) is 15.1. The number of aromatic amines is 1. The number of nitrogens with one attached hydrogen (secondary N) is 2. The highest BCUT2D eigenvalue weighted by Gasteiger charge is 2.42. The van der Waals surface area contributed by atoms with Gasteiger partial charge < -0.3 is 25.4 Å². The lowest BCUT2D eigenvalue weighted by atomic mass is 9.87. The highest BCUT2D eigenvalue weighted by atomic mass is 35.5. The van der Waals surface area contributed by atoms with Gasteiger partial charge in [0.1, 0.15) is 5.52 Å². The molecule has 6 heterocycles. The van der Waals surface area contributed by atoms with Crippen molar-refractivity contribution >= 4 is 62.4 Å². The minimum Gasteiger partial charge on any atom is -0.390 e. The summed E-state index contributed by atoms with van der Waals surface area (Å²) in [6, 6.07) is 13.8. The number of likely N-dealkylation sites (tertiary alicyclic amines) is 1. The fourth-order valence-electron chi connectivity index (χ4n) is 8.03. The van der Waals surface area contributed by atoms with E-state index in [2.05, 4.69) is 32.7 Å². The van der Waals surface area contributed by atoms with Crippen LogP contribution < -0.4 is 5.32 Å². The molecule has 0 radical (unpaired) electrons. The van der Waals surface area contributed by atoms with Crippen molar-refractivity contribution in [3.63, 3.8) is 0 Å². The molecule has 3 atom stereocenters. The first-order valence-electron chi connectivity index (χ1n) is 18.7. The van der Waals surface area contributed by atoms with E-state index in [-0.39, 0.29) is 53.0 Å². The van der Waals surface area contributed by atoms with Gasteiger partial charge in [-0.05, 0) is 120 Å². The molecule has 3 saturated heterocycles. The number of hydrogen-bond donors (Lipinski definition) is 4. The molecule has 2 aromatic carbocycles. The largest absolute Gasteiger partial charge is 0.390 e. The molecular weight excluding hydrogens is 746 g/mol. The van der Waals surface area contributed by atoms with Crippen molar-refractivity contribution in [2.24, 2.45) is 11.8 Å². The van der Waals surface area contributed by atoms with Crippen LogP contribution in [-0.4, -0.2) is 54.0 Å². The number of nitriles is 1. The second kappa shape index (κ2) is 16.2. The number of aryl methyl sites for hydroxylation is 2. The summed E-state index contributed by atoms with van der Waals surface area (Å²) in [6.07, 6.45) is 6.07. The summed E-state index contributed by atoms with van der Waals surface area (Å²) in [4.78, 5) is 24.5. The number of carbonyl (C=O) groups excluding carboxylic acids is 1. The van der Waals surface area contributed by atoms with Crippen LogP contribution in [0.5, 0.6) is 0 Å². The minimum atomic E-state index is -0.960. The molecule has 3 aliphatic heterocycles. The molecule has 3 unspecified atom stereocenters. The Morgan fingerprint density at radius 3 is 2.52 bits per heavy atom. The van der Waals surface area contributed by atoms with Crippen molar-refractivity contribution in [3.8, 4) is 17.2 Å². The summed E-state index contributed by atoms with van der Waals surface area (Å²) in [6.45, 7) is 7.03. The maximum Gasteiger partial charge on any atom is 0.226 e. The van der Waals surface area contributed by atoms with Gasteiger partial charge in [-0.15, -0.1) is 0 Å². The summed E-state index contributed by atoms with van der Waals surface area (Å²) in [5.74, 6) is 0.793. The van der Waals surface area contributed by atoms with Gasteiger partial charge in [0.15, 0.2) is 5.82 Å². The van der Waals surface area contributed by atoms with Crippen LogP contribution in [0.25, 0.3) is 32.9 Å². The molecular formula is C41H45Cl2FN6O3S. The van der Waals surface area contributed by atoms with Crippen molar-refractivity contribution in [1.82, 2.24) is 24.6 Å². The van der Waals surface area contributed by atoms with E-state index in [0.717, 1.165) is 53.9 Å². The van der Waals surface area contributed by atoms with Crippen LogP contribution in [-0.2, 0) is 17.8 Å². The van der Waals surface area contributed by atoms with E-state index in [4.69, 9.17) is 28.3 Å². The molecule has 2 aliphatic carbocycles. The number of aliphatic hydroxyl groups is 2. The lowest BCUT2D eigenvalue weighted by Crippen LogP contribution is -2.36. The zero-order valence-electron chi connectivity index (χ0n) is 30.6. The van der Waals surface area contributed by atoms with E-state index in [9.17, 15) is 15.2 Å². The van der Waals surface area contributed by atoms with Crippen LogP contribution in [0.15, 0.2) is 36.4 Å². The smallest absolute Gasteiger partial charge is 0.226 e. The van der Waals surface area contributed by atoms with Gasteiger partial charge in [-0.1, -0.05) is 35.3 Å². The van der Waals surface area contributed by atoms with Gasteiger partial charge >= 0.3 is 0 Å². The quantitative estimate of drug-likeness (QED) is 0.129. The Bertz CT molecular complexity index is 2210. The summed E-state index contributed by atoms with van der Waals surface area (Å²) in [5, 5.41) is 33.7. The van der Waals surface area contributed by atoms with Crippen LogP contribution in [0.2, 0.25) is 10.0 Å². The SMILES string of the molecule is C1NC2CC1C2.CC(O)c1nc2c(F)c(-c3cccc(Cl)c3Cl)c(CCC#N)cc2c2[nH]c(C3CCC(C)N3C(=O)C3CC3)cc12.Cc1cc(CO)ns1. The third-order valence-corrected chi connectivity index (χ3v) is 12.6. The van der Waals surface area contributed by atoms with Gasteiger partial charge in [0.05, 0.1) is 51.8 Å². The molecule has 54 heavy (non-hydrogen) atoms. The van der Waals surface area contributed by atoms with Crippen molar-refractivity contribution in [1.29, 1.82) is 5.26 Å². The first kappa shape index (κ1) is 38.6. The maximum absolute atomic E-state index is 16.6. The lowest BCUT2D eigenvalue weighted by molar-refractivity contribution is -0.135. The normalized spacial score (nSPS) is 21.9. The van der Waals surface area contributed by atoms with Crippen LogP contribution in [0.4, 0.5) is 4.39 Å². The monoisotopic (exact) mass is 790 g/mol. The zero-order valence-corrected chi connectivity index (χ0v) is 33.0. The third kappa shape index (κ3) is 7.75. The van der Waals surface area contributed by atoms with Crippen molar-refractivity contribution in [2.45, 2.75) is 103 Å². The zero-order chi connectivity index (χ0) is 38.3. The van der Waals surface area contributed by atoms with Crippen LogP contribution in [0.1, 0.15) is 98.5 Å². The van der Waals surface area contributed by atoms with Crippen LogP contribution >= 0.6 is 34.7 Å². The Kier molecular flexibility index (Phi) is 11.6. The molecule has 13 heteroatoms. The van der Waals surface area contributed by atoms with E-state index in [1.165, 1.54) is 30.9 Å². The number of pyridine rings is 1. The topological polar surface area (TPSA) is 138 Å². The third-order valence-electron chi connectivity index (χ3n) is 11.0. The first-order chi connectivity index (χ1) is 26.0. The standard InChI is InChI=1S/C31H29Cl2FN4O2.C5H7NOS.C5H9N/c1-15-8-11-24(38(15)31(40)17-9-10-17)23-14-21-28(16(2)39)37-30-20(29(21)36-23)13-18(5-4-12-35)25(27(30)34)19-6-3-7-22(32)26(19)33;1-4-2-5(3-7)6-8-4;1-4-2-5(1)6-3-4/h3,6-7,13-17,24,36,39H,4-5,8-11H2,1-2H3;2,7H,3H2,1H3;4-6H,1-3H2. The Balaban J connectivity index is 0.000000265. The average Bonchev–Trinajstić information content (AvgIpc) is 3.63. The van der Waals surface area contributed by atoms with Gasteiger partial charge in [-0.2, -0.15) is 9.64 Å². The van der Waals surface area contributed by atoms with Crippen LogP contribution in [0.3, 0.4) is 0 Å². The van der Waals surface area contributed by atoms with E-state index in [0.29, 0.717) is 44.6 Å². The van der Waals surface area contributed by atoms with Gasteiger partial charge in [0, 0.05) is 56.9 Å². The number of carbonyl (C=O) groups is 1. The minimum absolute atomic E-state index is 0.0599. The first-order valence-corrected chi connectivity index (χ1v) is 20.3. The second-order valence-corrected chi connectivity index (χ2v) is 16.9. The van der Waals surface area contributed by atoms with E-state index >= 15 is 4.39 Å². The van der Waals surface area contributed by atoms with Crippen molar-refractivity contribution in [3.05, 3.63) is 79.8 Å². The fourth-order valence-corrected chi connectivity index (χ4v) is 8.99. The number of amides is 1. The van der Waals surface area contributed by atoms with Crippen LogP contribution in [0, 0.1) is 35.9 Å². The summed E-state index contributed by atoms with van der Waals surface area (Å²) < 4.78 is 20.5. The molecule has 2 saturated carbocycles. The number of H-pyrrole nitrogens is 1. The van der Waals surface area contributed by atoms with E-state index in [1.54, 1.807) is 25.1 Å². The van der Waals surface area contributed by atoms with E-state index < -0.39 is 11.9 Å². The fraction of sp³-hybridized carbons (Fsp3) is 0.463. The maximum atomic E-state index is 16.6. The summed E-state index contributed by atoms with van der Waals surface area (Å²) >= 11 is 14.2. The van der Waals surface area contributed by atoms with Gasteiger partial charge in [0.25, 0.3) is 0 Å². The van der Waals surface area contributed by atoms with Gasteiger partial charge in [-0.3, -0.25) is 4.79 Å². The molecule has 3 aromatic heterocycles. The number of benzene rings is 2. The molecule has 10 rings (SSSR count). The van der Waals surface area contributed by atoms with Crippen molar-refractivity contribution < 1.29 is 19.4 Å². The summed E-state index contributed by atoms with van der Waals surface area (Å²) in [7, 11) is 0. The Hall–Kier alpha value is -3.63. The molecule has 1 amide bonds. The molecule has 5 aliphatic rings. The molecule has 4 N–H and O–H groups in total. The number of aromatic nitrogens is 3. The molecule has 284 valence electrons. The molecule has 5 fully saturated rings. The highest BCUT2D eigenvalue weighted by molar-refractivity contribution is 7.05. The Morgan fingerprint density at radius 2 is 1.94 bits per heavy atom. The number of fused-ring (bicyclic) bond motifs is 4. The molecule has 5 aromatic rings. The lowest BCUT2D eigenvalue weighted by Gasteiger charge is -2.28. The molecule has 0 spiro atoms. The predicted molar refractivity (Wildman–Crippen MR) is 212 cm³/mol. The Morgan fingerprint density at radius 1 is 1.17 bits per heavy atom. The van der Waals surface area contributed by atoms with Gasteiger partial charge in [-0.25, -0.2) is 9.37 Å². The van der Waals surface area contributed by atoms with E-state index in [1.807, 2.05) is 30.0 Å². The predicted octanol–water partition coefficient (Wildman–Crippen LogP) is 9.11. The van der Waals surface area contributed by atoms with Gasteiger partial charge in [0.2, 0.25) is 5.91 Å². The highest BCUT2D eigenvalue weighted by Crippen LogP contribution is 2.45. The number of rotatable bonds is 7. The Labute approximate surface area is 328 Å². The molecule has 9 nitrogen and oxygen atoms in total.